The van der Waals surface area contributed by atoms with E-state index in [4.69, 9.17) is 34.2 Å². The Kier molecular flexibility index (Phi) is 10.9. The molecule has 0 aliphatic carbocycles. The van der Waals surface area contributed by atoms with E-state index in [0.29, 0.717) is 0 Å². The van der Waals surface area contributed by atoms with Gasteiger partial charge in [0.25, 0.3) is 5.56 Å². The number of ether oxygens (including phenoxy) is 3. The number of aromatic amines is 1. The van der Waals surface area contributed by atoms with E-state index in [1.165, 1.54) is 25.3 Å². The number of hydrogen-bond acceptors (Lipinski definition) is 11. The lowest BCUT2D eigenvalue weighted by atomic mass is 10.1. The quantitative estimate of drug-likeness (QED) is 0.147. The van der Waals surface area contributed by atoms with Crippen LogP contribution in [-0.4, -0.2) is 59.6 Å². The molecule has 0 saturated heterocycles. The molecule has 2 atom stereocenters. The predicted octanol–water partition coefficient (Wildman–Crippen LogP) is 1.64. The Morgan fingerprint density at radius 3 is 2.18 bits per heavy atom. The van der Waals surface area contributed by atoms with Crippen LogP contribution >= 0.6 is 7.82 Å². The lowest BCUT2D eigenvalue weighted by molar-refractivity contribution is -0.0622. The number of nitrogens with one attached hydrogen (secondary N) is 3. The Labute approximate surface area is 218 Å². The number of carbonyl (C=O) groups is 2. The highest BCUT2D eigenvalue weighted by Gasteiger charge is 2.40. The molecule has 38 heavy (non-hydrogen) atoms. The van der Waals surface area contributed by atoms with Crippen molar-refractivity contribution in [3.63, 3.8) is 0 Å². The monoisotopic (exact) mass is 558 g/mol. The molecule has 0 radical (unpaired) electrons. The van der Waals surface area contributed by atoms with Crippen molar-refractivity contribution >= 4 is 20.0 Å². The second kappa shape index (κ2) is 13.4. The SMILES string of the molecule is C#C[C@@]1(COP(=O)(OCOC(=O)NC(C)C)OCOC(=O)NC(C)C)C=C[C@H](n2cc(C)c(=O)[nH]c2=O)O1. The molecule has 0 fully saturated rings. The second-order valence-electron chi connectivity index (χ2n) is 8.56. The largest absolute Gasteiger partial charge is 0.480 e. The van der Waals surface area contributed by atoms with Gasteiger partial charge in [-0.05, 0) is 46.8 Å². The number of aromatic nitrogens is 2. The molecule has 1 aliphatic rings. The van der Waals surface area contributed by atoms with Crippen molar-refractivity contribution < 1.29 is 41.9 Å². The smallest absolute Gasteiger partial charge is 0.422 e. The van der Waals surface area contributed by atoms with E-state index in [1.54, 1.807) is 27.7 Å². The van der Waals surface area contributed by atoms with Gasteiger partial charge in [0.2, 0.25) is 13.6 Å². The fourth-order valence-corrected chi connectivity index (χ4v) is 3.73. The number of hydrogen-bond donors (Lipinski definition) is 3. The van der Waals surface area contributed by atoms with E-state index >= 15 is 0 Å². The van der Waals surface area contributed by atoms with Gasteiger partial charge < -0.3 is 24.8 Å². The average Bonchev–Trinajstić information content (AvgIpc) is 3.24. The maximum Gasteiger partial charge on any atom is 0.480 e. The van der Waals surface area contributed by atoms with Gasteiger partial charge in [-0.3, -0.25) is 18.9 Å². The number of H-pyrrole nitrogens is 1. The van der Waals surface area contributed by atoms with Gasteiger partial charge >= 0.3 is 25.7 Å². The molecule has 0 spiro atoms. The fraction of sp³-hybridized carbons (Fsp3) is 0.545. The molecule has 0 aromatic carbocycles. The number of nitrogens with zero attached hydrogens (tertiary/aromatic N) is 1. The first-order chi connectivity index (χ1) is 17.8. The number of alkyl carbamates (subject to hydrolysis) is 2. The summed E-state index contributed by atoms with van der Waals surface area (Å²) in [5.41, 5.74) is -2.67. The van der Waals surface area contributed by atoms with Crippen LogP contribution in [0.25, 0.3) is 0 Å². The van der Waals surface area contributed by atoms with Crippen LogP contribution in [-0.2, 0) is 32.3 Å². The standard InChI is InChI=1S/C22H31N4O11P/c1-7-22(9-8-17(37-22)26-10-16(6)18(27)25-19(26)28)11-34-38(31,35-12-32-20(29)23-14(2)3)36-13-33-21(30)24-15(4)5/h1,8-10,14-15,17H,11-13H2,2-6H3,(H,23,29)(H,24,30)(H,25,27,28)/t17-,22+/m1/s1. The maximum atomic E-state index is 13.2. The van der Waals surface area contributed by atoms with E-state index in [9.17, 15) is 23.7 Å². The summed E-state index contributed by atoms with van der Waals surface area (Å²) in [5, 5.41) is 4.87. The Morgan fingerprint density at radius 1 is 1.13 bits per heavy atom. The van der Waals surface area contributed by atoms with Gasteiger partial charge in [0.1, 0.15) is 6.61 Å². The fourth-order valence-electron chi connectivity index (χ4n) is 2.79. The van der Waals surface area contributed by atoms with Crippen LogP contribution in [0, 0.1) is 19.3 Å². The third-order valence-corrected chi connectivity index (χ3v) is 5.87. The number of carbonyl (C=O) groups excluding carboxylic acids is 2. The molecule has 0 unspecified atom stereocenters. The lowest BCUT2D eigenvalue weighted by Crippen LogP contribution is -2.37. The minimum Gasteiger partial charge on any atom is -0.422 e. The van der Waals surface area contributed by atoms with Crippen LogP contribution in [0.3, 0.4) is 0 Å². The molecule has 210 valence electrons. The first-order valence-electron chi connectivity index (χ1n) is 11.4. The number of phosphoric ester groups is 1. The van der Waals surface area contributed by atoms with Crippen LogP contribution in [0.5, 0.6) is 0 Å². The van der Waals surface area contributed by atoms with Crippen LogP contribution in [0.4, 0.5) is 9.59 Å². The van der Waals surface area contributed by atoms with Crippen LogP contribution < -0.4 is 21.9 Å². The first kappa shape index (κ1) is 30.8. The summed E-state index contributed by atoms with van der Waals surface area (Å²) in [6.07, 6.45) is 7.00. The molecular formula is C22H31N4O11P. The zero-order valence-electron chi connectivity index (χ0n) is 21.5. The summed E-state index contributed by atoms with van der Waals surface area (Å²) in [4.78, 5) is 49.4. The highest BCUT2D eigenvalue weighted by Crippen LogP contribution is 2.50. The Bertz CT molecular complexity index is 1200. The van der Waals surface area contributed by atoms with Gasteiger partial charge in [0, 0.05) is 23.8 Å². The molecule has 1 aromatic rings. The molecule has 3 N–H and O–H groups in total. The van der Waals surface area contributed by atoms with Gasteiger partial charge in [0.05, 0.1) is 0 Å². The topological polar surface area (TPSA) is 186 Å². The van der Waals surface area contributed by atoms with Crippen molar-refractivity contribution in [1.82, 2.24) is 20.2 Å². The third kappa shape index (κ3) is 9.16. The summed E-state index contributed by atoms with van der Waals surface area (Å²) in [6.45, 7) is 5.99. The highest BCUT2D eigenvalue weighted by atomic mass is 31.2. The number of rotatable bonds is 12. The van der Waals surface area contributed by atoms with Gasteiger partial charge in [-0.1, -0.05) is 5.92 Å². The zero-order valence-corrected chi connectivity index (χ0v) is 22.4. The summed E-state index contributed by atoms with van der Waals surface area (Å²) in [7, 11) is -4.56. The summed E-state index contributed by atoms with van der Waals surface area (Å²) < 4.78 is 45.0. The highest BCUT2D eigenvalue weighted by molar-refractivity contribution is 7.48. The molecule has 1 aromatic heterocycles. The summed E-state index contributed by atoms with van der Waals surface area (Å²) in [6, 6.07) is -0.466. The van der Waals surface area contributed by atoms with E-state index in [0.717, 1.165) is 4.57 Å². The number of terminal acetylenes is 1. The Morgan fingerprint density at radius 2 is 1.68 bits per heavy atom. The average molecular weight is 558 g/mol. The molecule has 2 amide bonds. The van der Waals surface area contributed by atoms with E-state index in [-0.39, 0.29) is 17.6 Å². The molecule has 2 heterocycles. The first-order valence-corrected chi connectivity index (χ1v) is 12.8. The van der Waals surface area contributed by atoms with E-state index in [1.807, 2.05) is 0 Å². The number of aryl methyl sites for hydroxylation is 1. The van der Waals surface area contributed by atoms with Crippen LogP contribution in [0.1, 0.15) is 39.5 Å². The van der Waals surface area contributed by atoms with Crippen molar-refractivity contribution in [2.45, 2.75) is 58.5 Å². The Hall–Kier alpha value is -3.41. The van der Waals surface area contributed by atoms with Crippen molar-refractivity contribution in [3.8, 4) is 12.3 Å². The molecule has 1 aliphatic heterocycles. The molecule has 15 nitrogen and oxygen atoms in total. The van der Waals surface area contributed by atoms with Gasteiger partial charge in [0.15, 0.2) is 11.8 Å². The summed E-state index contributed by atoms with van der Waals surface area (Å²) in [5.74, 6) is 2.34. The minimum absolute atomic E-state index is 0.233. The maximum absolute atomic E-state index is 13.2. The third-order valence-electron chi connectivity index (χ3n) is 4.58. The Balaban J connectivity index is 2.10. The zero-order chi connectivity index (χ0) is 28.5. The number of amides is 2. The van der Waals surface area contributed by atoms with E-state index < -0.39 is 63.3 Å². The van der Waals surface area contributed by atoms with Gasteiger partial charge in [-0.25, -0.2) is 28.0 Å². The molecule has 0 bridgehead atoms. The molecule has 16 heteroatoms. The molecular weight excluding hydrogens is 527 g/mol. The van der Waals surface area contributed by atoms with Crippen LogP contribution in [0.2, 0.25) is 0 Å². The molecule has 2 rings (SSSR count). The second-order valence-corrected chi connectivity index (χ2v) is 10.2. The van der Waals surface area contributed by atoms with E-state index in [2.05, 4.69) is 21.5 Å². The van der Waals surface area contributed by atoms with Gasteiger partial charge in [-0.15, -0.1) is 6.42 Å². The number of phosphoric acid groups is 1. The van der Waals surface area contributed by atoms with Crippen molar-refractivity contribution in [1.29, 1.82) is 0 Å². The lowest BCUT2D eigenvalue weighted by Gasteiger charge is -2.26. The van der Waals surface area contributed by atoms with Gasteiger partial charge in [-0.2, -0.15) is 0 Å². The normalized spacial score (nSPS) is 18.8. The summed E-state index contributed by atoms with van der Waals surface area (Å²) >= 11 is 0. The molecule has 0 saturated carbocycles. The van der Waals surface area contributed by atoms with Crippen molar-refractivity contribution in [2.24, 2.45) is 0 Å². The van der Waals surface area contributed by atoms with Crippen molar-refractivity contribution in [2.75, 3.05) is 20.2 Å². The predicted molar refractivity (Wildman–Crippen MR) is 132 cm³/mol. The van der Waals surface area contributed by atoms with Crippen molar-refractivity contribution in [3.05, 3.63) is 44.8 Å². The van der Waals surface area contributed by atoms with Crippen LogP contribution in [0.15, 0.2) is 27.9 Å². The minimum atomic E-state index is -4.56.